The first-order chi connectivity index (χ1) is 11.4. The predicted octanol–water partition coefficient (Wildman–Crippen LogP) is 3.73. The van der Waals surface area contributed by atoms with E-state index < -0.39 is 0 Å². The fourth-order valence-electron chi connectivity index (χ4n) is 3.12. The van der Waals surface area contributed by atoms with Gasteiger partial charge in [0.25, 0.3) is 0 Å². The van der Waals surface area contributed by atoms with Gasteiger partial charge < -0.3 is 4.42 Å². The van der Waals surface area contributed by atoms with Crippen LogP contribution in [-0.4, -0.2) is 28.2 Å². The fourth-order valence-corrected chi connectivity index (χ4v) is 3.12. The summed E-state index contributed by atoms with van der Waals surface area (Å²) in [6.45, 7) is 3.03. The third-order valence-corrected chi connectivity index (χ3v) is 4.33. The zero-order valence-electron chi connectivity index (χ0n) is 12.9. The van der Waals surface area contributed by atoms with Crippen LogP contribution >= 0.6 is 0 Å². The molecule has 116 valence electrons. The fraction of sp³-hybridized carbons (Fsp3) is 0.263. The van der Waals surface area contributed by atoms with Gasteiger partial charge in [-0.2, -0.15) is 0 Å². The normalized spacial score (nSPS) is 18.3. The Balaban J connectivity index is 1.43. The SMILES string of the molecule is c1ccc(CN2CCC(c3nnc(-c4ccccc4)o3)C2)cc1. The predicted molar refractivity (Wildman–Crippen MR) is 88.8 cm³/mol. The molecule has 4 heteroatoms. The summed E-state index contributed by atoms with van der Waals surface area (Å²) in [7, 11) is 0. The van der Waals surface area contributed by atoms with E-state index in [0.717, 1.165) is 37.5 Å². The molecule has 1 atom stereocenters. The quantitative estimate of drug-likeness (QED) is 0.736. The molecular formula is C19H19N3O. The second kappa shape index (κ2) is 6.34. The molecule has 1 aliphatic heterocycles. The summed E-state index contributed by atoms with van der Waals surface area (Å²) in [4.78, 5) is 2.45. The Morgan fingerprint density at radius 1 is 0.957 bits per heavy atom. The lowest BCUT2D eigenvalue weighted by Gasteiger charge is -2.14. The van der Waals surface area contributed by atoms with Crippen LogP contribution in [0, 0.1) is 0 Å². The molecule has 0 N–H and O–H groups in total. The van der Waals surface area contributed by atoms with Crippen LogP contribution in [0.4, 0.5) is 0 Å². The Kier molecular flexibility index (Phi) is 3.90. The van der Waals surface area contributed by atoms with Gasteiger partial charge in [-0.15, -0.1) is 10.2 Å². The van der Waals surface area contributed by atoms with E-state index in [1.54, 1.807) is 0 Å². The number of hydrogen-bond acceptors (Lipinski definition) is 4. The lowest BCUT2D eigenvalue weighted by Crippen LogP contribution is -2.19. The highest BCUT2D eigenvalue weighted by Crippen LogP contribution is 2.29. The van der Waals surface area contributed by atoms with E-state index in [9.17, 15) is 0 Å². The summed E-state index contributed by atoms with van der Waals surface area (Å²) in [5.41, 5.74) is 2.33. The molecule has 2 heterocycles. The average molecular weight is 305 g/mol. The van der Waals surface area contributed by atoms with Gasteiger partial charge in [0.05, 0.1) is 5.92 Å². The zero-order valence-corrected chi connectivity index (χ0v) is 12.9. The van der Waals surface area contributed by atoms with Gasteiger partial charge in [0.15, 0.2) is 0 Å². The third kappa shape index (κ3) is 3.17. The second-order valence-corrected chi connectivity index (χ2v) is 6.02. The zero-order chi connectivity index (χ0) is 15.5. The Morgan fingerprint density at radius 2 is 1.70 bits per heavy atom. The molecule has 0 radical (unpaired) electrons. The van der Waals surface area contributed by atoms with Gasteiger partial charge in [-0.05, 0) is 30.7 Å². The highest BCUT2D eigenvalue weighted by molar-refractivity contribution is 5.51. The minimum absolute atomic E-state index is 0.337. The lowest BCUT2D eigenvalue weighted by molar-refractivity contribution is 0.320. The van der Waals surface area contributed by atoms with Crippen LogP contribution < -0.4 is 0 Å². The van der Waals surface area contributed by atoms with Crippen molar-refractivity contribution in [2.45, 2.75) is 18.9 Å². The van der Waals surface area contributed by atoms with E-state index in [0.29, 0.717) is 11.8 Å². The van der Waals surface area contributed by atoms with Gasteiger partial charge in [-0.25, -0.2) is 0 Å². The molecular weight excluding hydrogens is 286 g/mol. The minimum Gasteiger partial charge on any atom is -0.420 e. The molecule has 23 heavy (non-hydrogen) atoms. The van der Waals surface area contributed by atoms with Crippen LogP contribution in [0.2, 0.25) is 0 Å². The maximum atomic E-state index is 5.90. The van der Waals surface area contributed by atoms with Crippen LogP contribution in [-0.2, 0) is 6.54 Å². The van der Waals surface area contributed by atoms with Crippen molar-refractivity contribution in [2.75, 3.05) is 13.1 Å². The van der Waals surface area contributed by atoms with Gasteiger partial charge in [-0.1, -0.05) is 48.5 Å². The summed E-state index contributed by atoms with van der Waals surface area (Å²) >= 11 is 0. The molecule has 0 spiro atoms. The number of benzene rings is 2. The van der Waals surface area contributed by atoms with Crippen LogP contribution in [0.3, 0.4) is 0 Å². The van der Waals surface area contributed by atoms with Gasteiger partial charge in [-0.3, -0.25) is 4.90 Å². The average Bonchev–Trinajstić information content (AvgIpc) is 3.26. The number of nitrogens with zero attached hydrogens (tertiary/aromatic N) is 3. The highest BCUT2D eigenvalue weighted by Gasteiger charge is 2.28. The van der Waals surface area contributed by atoms with Crippen molar-refractivity contribution in [3.63, 3.8) is 0 Å². The van der Waals surface area contributed by atoms with Gasteiger partial charge >= 0.3 is 0 Å². The first-order valence-corrected chi connectivity index (χ1v) is 8.03. The Labute approximate surface area is 135 Å². The van der Waals surface area contributed by atoms with Crippen LogP contribution in [0.25, 0.3) is 11.5 Å². The third-order valence-electron chi connectivity index (χ3n) is 4.33. The van der Waals surface area contributed by atoms with Crippen LogP contribution in [0.1, 0.15) is 23.8 Å². The van der Waals surface area contributed by atoms with Gasteiger partial charge in [0, 0.05) is 18.7 Å². The standard InChI is InChI=1S/C19H19N3O/c1-3-7-15(8-4-1)13-22-12-11-17(14-22)19-21-20-18(23-19)16-9-5-2-6-10-16/h1-10,17H,11-14H2. The van der Waals surface area contributed by atoms with Crippen molar-refractivity contribution in [2.24, 2.45) is 0 Å². The number of rotatable bonds is 4. The maximum absolute atomic E-state index is 5.90. The molecule has 1 fully saturated rings. The minimum atomic E-state index is 0.337. The van der Waals surface area contributed by atoms with Crippen molar-refractivity contribution >= 4 is 0 Å². The van der Waals surface area contributed by atoms with E-state index in [4.69, 9.17) is 4.42 Å². The van der Waals surface area contributed by atoms with E-state index in [1.165, 1.54) is 5.56 Å². The van der Waals surface area contributed by atoms with Gasteiger partial charge in [0.2, 0.25) is 11.8 Å². The monoisotopic (exact) mass is 305 g/mol. The van der Waals surface area contributed by atoms with Crippen molar-refractivity contribution < 1.29 is 4.42 Å². The Bertz CT molecular complexity index is 755. The smallest absolute Gasteiger partial charge is 0.247 e. The molecule has 1 saturated heterocycles. The van der Waals surface area contributed by atoms with E-state index in [1.807, 2.05) is 30.3 Å². The topological polar surface area (TPSA) is 42.2 Å². The molecule has 0 aliphatic carbocycles. The van der Waals surface area contributed by atoms with Crippen LogP contribution in [0.5, 0.6) is 0 Å². The molecule has 0 saturated carbocycles. The molecule has 1 aliphatic rings. The first kappa shape index (κ1) is 14.2. The van der Waals surface area contributed by atoms with Crippen molar-refractivity contribution in [3.05, 3.63) is 72.1 Å². The van der Waals surface area contributed by atoms with E-state index >= 15 is 0 Å². The van der Waals surface area contributed by atoms with E-state index in [2.05, 4.69) is 45.4 Å². The summed E-state index contributed by atoms with van der Waals surface area (Å²) in [6.07, 6.45) is 1.07. The molecule has 0 bridgehead atoms. The first-order valence-electron chi connectivity index (χ1n) is 8.03. The molecule has 1 unspecified atom stereocenters. The molecule has 1 aromatic heterocycles. The largest absolute Gasteiger partial charge is 0.420 e. The van der Waals surface area contributed by atoms with Crippen molar-refractivity contribution in [1.82, 2.24) is 15.1 Å². The Hall–Kier alpha value is -2.46. The number of likely N-dealkylation sites (tertiary alicyclic amines) is 1. The van der Waals surface area contributed by atoms with Gasteiger partial charge in [0.1, 0.15) is 0 Å². The number of aromatic nitrogens is 2. The summed E-state index contributed by atoms with van der Waals surface area (Å²) in [6, 6.07) is 20.5. The molecule has 0 amide bonds. The lowest BCUT2D eigenvalue weighted by atomic mass is 10.1. The second-order valence-electron chi connectivity index (χ2n) is 6.02. The number of hydrogen-bond donors (Lipinski definition) is 0. The van der Waals surface area contributed by atoms with Crippen LogP contribution in [0.15, 0.2) is 65.1 Å². The summed E-state index contributed by atoms with van der Waals surface area (Å²) < 4.78 is 5.90. The van der Waals surface area contributed by atoms with Crippen molar-refractivity contribution in [1.29, 1.82) is 0 Å². The molecule has 3 aromatic rings. The summed E-state index contributed by atoms with van der Waals surface area (Å²) in [5, 5.41) is 8.48. The molecule has 4 nitrogen and oxygen atoms in total. The van der Waals surface area contributed by atoms with E-state index in [-0.39, 0.29) is 0 Å². The van der Waals surface area contributed by atoms with Crippen molar-refractivity contribution in [3.8, 4) is 11.5 Å². The highest BCUT2D eigenvalue weighted by atomic mass is 16.4. The molecule has 4 rings (SSSR count). The Morgan fingerprint density at radius 3 is 2.48 bits per heavy atom. The maximum Gasteiger partial charge on any atom is 0.247 e. The summed E-state index contributed by atoms with van der Waals surface area (Å²) in [5.74, 6) is 1.71. The molecule has 2 aromatic carbocycles.